The summed E-state index contributed by atoms with van der Waals surface area (Å²) in [6.07, 6.45) is -5.41. The van der Waals surface area contributed by atoms with Crippen molar-refractivity contribution in [1.29, 1.82) is 0 Å². The number of aromatic nitrogens is 2. The van der Waals surface area contributed by atoms with Gasteiger partial charge in [-0.05, 0) is 87.7 Å². The number of nitrogens with one attached hydrogen (secondary N) is 2. The van der Waals surface area contributed by atoms with E-state index in [-0.39, 0.29) is 58.8 Å². The zero-order valence-corrected chi connectivity index (χ0v) is 26.4. The first-order chi connectivity index (χ1) is 22.9. The van der Waals surface area contributed by atoms with Crippen molar-refractivity contribution in [2.75, 3.05) is 18.5 Å². The quantitative estimate of drug-likeness (QED) is 0.194. The molecule has 3 amide bonds. The van der Waals surface area contributed by atoms with E-state index in [9.17, 15) is 41.4 Å². The van der Waals surface area contributed by atoms with Crippen LogP contribution in [0.15, 0.2) is 48.5 Å². The Morgan fingerprint density at radius 3 is 2.33 bits per heavy atom. The molecule has 4 aromatic rings. The van der Waals surface area contributed by atoms with Crippen LogP contribution in [0.5, 0.6) is 5.75 Å². The number of hydrogen-bond acceptors (Lipinski definition) is 7. The monoisotopic (exact) mass is 683 g/mol. The molecule has 2 aromatic carbocycles. The minimum Gasteiger partial charge on any atom is -0.489 e. The maximum atomic E-state index is 14.8. The summed E-state index contributed by atoms with van der Waals surface area (Å²) in [7, 11) is 0. The second kappa shape index (κ2) is 11.5. The number of halogens is 5. The third-order valence-corrected chi connectivity index (χ3v) is 9.10. The van der Waals surface area contributed by atoms with Gasteiger partial charge >= 0.3 is 6.18 Å². The number of aliphatic hydroxyl groups is 1. The van der Waals surface area contributed by atoms with Crippen LogP contribution in [-0.4, -0.2) is 57.8 Å². The number of hydrogen-bond donors (Lipinski definition) is 4. The molecule has 5 N–H and O–H groups in total. The van der Waals surface area contributed by atoms with Gasteiger partial charge in [-0.1, -0.05) is 0 Å². The second-order valence-corrected chi connectivity index (χ2v) is 12.7. The molecule has 1 saturated carbocycles. The molecular formula is C34H30F5N5O5. The molecule has 2 aliphatic rings. The first-order valence-electron chi connectivity index (χ1n) is 15.1. The van der Waals surface area contributed by atoms with Crippen LogP contribution in [0.2, 0.25) is 0 Å². The summed E-state index contributed by atoms with van der Waals surface area (Å²) in [5.41, 5.74) is -1.80. The van der Waals surface area contributed by atoms with E-state index < -0.39 is 58.6 Å². The Bertz CT molecular complexity index is 2050. The number of carbonyl (C=O) groups excluding carboxylic acids is 3. The molecule has 2 atom stereocenters. The highest BCUT2D eigenvalue weighted by atomic mass is 19.4. The Balaban J connectivity index is 1.40. The summed E-state index contributed by atoms with van der Waals surface area (Å²) in [5.74, 6) is -3.65. The lowest BCUT2D eigenvalue weighted by Crippen LogP contribution is -2.51. The zero-order valence-electron chi connectivity index (χ0n) is 26.4. The van der Waals surface area contributed by atoms with E-state index in [0.29, 0.717) is 16.6 Å². The molecular weight excluding hydrogens is 653 g/mol. The Labute approximate surface area is 275 Å². The van der Waals surface area contributed by atoms with Crippen molar-refractivity contribution in [3.63, 3.8) is 0 Å². The summed E-state index contributed by atoms with van der Waals surface area (Å²) in [5, 5.41) is 16.3. The molecule has 10 nitrogen and oxygen atoms in total. The molecule has 0 radical (unpaired) electrons. The SMILES string of the molecule is Cc1cc2cc(C(=O)NC[C@](O)(c3cc4c(c(-c5ccc(F)cc5)n3)OC[C@]4(C)C(N)=O)C(F)(F)F)cc(NC(=O)C3(F)CC3)c2nc1C. The highest BCUT2D eigenvalue weighted by molar-refractivity contribution is 6.08. The number of fused-ring (bicyclic) bond motifs is 2. The minimum absolute atomic E-state index is 0.0167. The molecule has 0 spiro atoms. The minimum atomic E-state index is -5.44. The third kappa shape index (κ3) is 5.81. The number of pyridine rings is 2. The first-order valence-corrected chi connectivity index (χ1v) is 15.1. The van der Waals surface area contributed by atoms with Crippen LogP contribution < -0.4 is 21.1 Å². The molecule has 3 heterocycles. The number of alkyl halides is 4. The molecule has 49 heavy (non-hydrogen) atoms. The number of carbonyl (C=O) groups is 3. The first kappa shape index (κ1) is 33.7. The Morgan fingerprint density at radius 2 is 1.71 bits per heavy atom. The van der Waals surface area contributed by atoms with E-state index in [0.717, 1.165) is 24.3 Å². The zero-order chi connectivity index (χ0) is 35.7. The van der Waals surface area contributed by atoms with Crippen LogP contribution in [-0.2, 0) is 20.6 Å². The van der Waals surface area contributed by atoms with E-state index >= 15 is 0 Å². The Hall–Kier alpha value is -5.18. The largest absolute Gasteiger partial charge is 0.489 e. The molecule has 15 heteroatoms. The van der Waals surface area contributed by atoms with Crippen LogP contribution in [0.4, 0.5) is 27.6 Å². The molecule has 2 aromatic heterocycles. The standard InChI is InChI=1S/C34H30F5N5O5/c1-16-10-19-11-20(12-23(25(19)42-17(16)2)43-30(47)32(36)8-9-32)28(45)41-14-33(48,34(37,38)39)24-13-22-27(49-15-31(22,3)29(40)46)26(44-24)18-4-6-21(35)7-5-18/h4-7,10-13,48H,8-9,14-15H2,1-3H3,(H2,40,46)(H,41,45)(H,43,47)/t31-,33-/m0/s1. The number of primary amides is 1. The lowest BCUT2D eigenvalue weighted by atomic mass is 9.81. The number of benzene rings is 2. The average Bonchev–Trinajstić information content (AvgIpc) is 3.71. The van der Waals surface area contributed by atoms with Gasteiger partial charge in [0.25, 0.3) is 11.8 Å². The molecule has 6 rings (SSSR count). The van der Waals surface area contributed by atoms with Crippen molar-refractivity contribution < 1.29 is 46.2 Å². The van der Waals surface area contributed by atoms with Gasteiger partial charge in [-0.2, -0.15) is 13.2 Å². The van der Waals surface area contributed by atoms with Gasteiger partial charge in [-0.3, -0.25) is 19.4 Å². The highest BCUT2D eigenvalue weighted by Gasteiger charge is 2.58. The molecule has 1 fully saturated rings. The summed E-state index contributed by atoms with van der Waals surface area (Å²) >= 11 is 0. The lowest BCUT2D eigenvalue weighted by Gasteiger charge is -2.31. The van der Waals surface area contributed by atoms with Gasteiger partial charge in [0.05, 0.1) is 23.4 Å². The highest BCUT2D eigenvalue weighted by Crippen LogP contribution is 2.48. The van der Waals surface area contributed by atoms with Crippen LogP contribution in [0.3, 0.4) is 0 Å². The fourth-order valence-corrected chi connectivity index (χ4v) is 5.53. The van der Waals surface area contributed by atoms with Gasteiger partial charge in [-0.25, -0.2) is 13.8 Å². The summed E-state index contributed by atoms with van der Waals surface area (Å²) in [4.78, 5) is 47.0. The van der Waals surface area contributed by atoms with Crippen LogP contribution in [0.25, 0.3) is 22.2 Å². The van der Waals surface area contributed by atoms with E-state index in [4.69, 9.17) is 10.5 Å². The van der Waals surface area contributed by atoms with Gasteiger partial charge in [0, 0.05) is 27.8 Å². The van der Waals surface area contributed by atoms with Crippen molar-refractivity contribution in [3.05, 3.63) is 82.4 Å². The topological polar surface area (TPSA) is 157 Å². The van der Waals surface area contributed by atoms with E-state index in [2.05, 4.69) is 20.6 Å². The summed E-state index contributed by atoms with van der Waals surface area (Å²) in [6, 6.07) is 9.57. The van der Waals surface area contributed by atoms with Gasteiger partial charge in [-0.15, -0.1) is 0 Å². The van der Waals surface area contributed by atoms with E-state index in [1.807, 2.05) is 0 Å². The Morgan fingerprint density at radius 1 is 1.04 bits per heavy atom. The molecule has 0 unspecified atom stereocenters. The van der Waals surface area contributed by atoms with Gasteiger partial charge in [0.2, 0.25) is 11.5 Å². The van der Waals surface area contributed by atoms with Crippen LogP contribution in [0.1, 0.15) is 52.6 Å². The van der Waals surface area contributed by atoms with Crippen molar-refractivity contribution in [3.8, 4) is 17.0 Å². The number of nitrogens with two attached hydrogens (primary N) is 1. The Kier molecular flexibility index (Phi) is 7.89. The van der Waals surface area contributed by atoms with E-state index in [1.165, 1.54) is 25.1 Å². The fourth-order valence-electron chi connectivity index (χ4n) is 5.53. The number of nitrogens with zero attached hydrogens (tertiary/aromatic N) is 2. The van der Waals surface area contributed by atoms with Crippen molar-refractivity contribution in [1.82, 2.24) is 15.3 Å². The maximum absolute atomic E-state index is 14.8. The predicted molar refractivity (Wildman–Crippen MR) is 167 cm³/mol. The smallest absolute Gasteiger partial charge is 0.424 e. The number of ether oxygens (including phenoxy) is 1. The van der Waals surface area contributed by atoms with Crippen molar-refractivity contribution in [2.45, 2.75) is 56.5 Å². The molecule has 1 aliphatic carbocycles. The van der Waals surface area contributed by atoms with Crippen molar-refractivity contribution >= 4 is 34.3 Å². The lowest BCUT2D eigenvalue weighted by molar-refractivity contribution is -0.265. The normalized spacial score (nSPS) is 19.0. The van der Waals surface area contributed by atoms with Crippen LogP contribution >= 0.6 is 0 Å². The summed E-state index contributed by atoms with van der Waals surface area (Å²) < 4.78 is 78.5. The number of aryl methyl sites for hydroxylation is 2. The predicted octanol–water partition coefficient (Wildman–Crippen LogP) is 4.81. The average molecular weight is 684 g/mol. The molecule has 1 aliphatic heterocycles. The van der Waals surface area contributed by atoms with Gasteiger partial charge in [0.1, 0.15) is 29.3 Å². The maximum Gasteiger partial charge on any atom is 0.424 e. The molecule has 0 saturated heterocycles. The van der Waals surface area contributed by atoms with Gasteiger partial charge < -0.3 is 26.2 Å². The third-order valence-electron chi connectivity index (χ3n) is 9.10. The number of rotatable bonds is 8. The van der Waals surface area contributed by atoms with E-state index in [1.54, 1.807) is 19.9 Å². The number of anilines is 1. The molecule has 0 bridgehead atoms. The number of amides is 3. The second-order valence-electron chi connectivity index (χ2n) is 12.7. The summed E-state index contributed by atoms with van der Waals surface area (Å²) in [6.45, 7) is 3.03. The van der Waals surface area contributed by atoms with Crippen molar-refractivity contribution in [2.24, 2.45) is 5.73 Å². The van der Waals surface area contributed by atoms with Gasteiger partial charge in [0.15, 0.2) is 5.67 Å². The fraction of sp³-hybridized carbons (Fsp3) is 0.324. The molecule has 256 valence electrons. The van der Waals surface area contributed by atoms with Crippen LogP contribution in [0, 0.1) is 19.7 Å².